The van der Waals surface area contributed by atoms with Crippen LogP contribution in [-0.4, -0.2) is 27.9 Å². The topological polar surface area (TPSA) is 89.2 Å². The van der Waals surface area contributed by atoms with Gasteiger partial charge in [0.1, 0.15) is 11.5 Å². The fraction of sp³-hybridized carbons (Fsp3) is 0.500. The van der Waals surface area contributed by atoms with Crippen LogP contribution in [-0.2, 0) is 19.5 Å². The van der Waals surface area contributed by atoms with E-state index >= 15 is 0 Å². The highest BCUT2D eigenvalue weighted by atomic mass is 16.3. The quantitative estimate of drug-likeness (QED) is 0.840. The van der Waals surface area contributed by atoms with Gasteiger partial charge in [-0.05, 0) is 37.3 Å². The zero-order valence-electron chi connectivity index (χ0n) is 14.7. The van der Waals surface area contributed by atoms with Gasteiger partial charge in [0, 0.05) is 13.1 Å². The van der Waals surface area contributed by atoms with Gasteiger partial charge in [-0.15, -0.1) is 0 Å². The molecule has 2 amide bonds. The summed E-state index contributed by atoms with van der Waals surface area (Å²) in [5.41, 5.74) is 1.24. The van der Waals surface area contributed by atoms with Crippen LogP contribution in [0.1, 0.15) is 59.3 Å². The van der Waals surface area contributed by atoms with Crippen LogP contribution in [0.2, 0.25) is 0 Å². The Labute approximate surface area is 146 Å². The van der Waals surface area contributed by atoms with Gasteiger partial charge in [-0.3, -0.25) is 9.59 Å². The second-order valence-corrected chi connectivity index (χ2v) is 6.71. The number of carbonyl (C=O) groups excluding carboxylic acids is 2. The summed E-state index contributed by atoms with van der Waals surface area (Å²) in [4.78, 5) is 29.4. The molecule has 0 unspecified atom stereocenters. The third-order valence-corrected chi connectivity index (χ3v) is 4.21. The van der Waals surface area contributed by atoms with Gasteiger partial charge in [0.15, 0.2) is 5.82 Å². The molecule has 0 saturated heterocycles. The molecule has 2 aromatic heterocycles. The van der Waals surface area contributed by atoms with Gasteiger partial charge in [-0.25, -0.2) is 4.98 Å². The lowest BCUT2D eigenvalue weighted by atomic mass is 10.1. The van der Waals surface area contributed by atoms with Gasteiger partial charge in [-0.1, -0.05) is 13.8 Å². The van der Waals surface area contributed by atoms with E-state index in [9.17, 15) is 9.59 Å². The van der Waals surface area contributed by atoms with Crippen LogP contribution in [0.3, 0.4) is 0 Å². The molecule has 7 heteroatoms. The molecule has 0 fully saturated rings. The van der Waals surface area contributed by atoms with Crippen LogP contribution in [0, 0.1) is 5.92 Å². The van der Waals surface area contributed by atoms with E-state index in [1.54, 1.807) is 18.4 Å². The summed E-state index contributed by atoms with van der Waals surface area (Å²) < 4.78 is 7.10. The number of hydrogen-bond acceptors (Lipinski definition) is 4. The van der Waals surface area contributed by atoms with Crippen molar-refractivity contribution in [2.24, 2.45) is 5.92 Å². The molecule has 0 atom stereocenters. The normalized spacial score (nSPS) is 13.6. The summed E-state index contributed by atoms with van der Waals surface area (Å²) in [5.74, 6) is 0.843. The average Bonchev–Trinajstić information content (AvgIpc) is 3.25. The molecule has 2 aromatic rings. The molecular formula is C18H24N4O3. The second-order valence-electron chi connectivity index (χ2n) is 6.71. The van der Waals surface area contributed by atoms with Crippen LogP contribution in [0.5, 0.6) is 0 Å². The van der Waals surface area contributed by atoms with Gasteiger partial charge < -0.3 is 19.6 Å². The molecule has 0 bridgehead atoms. The van der Waals surface area contributed by atoms with Crippen molar-refractivity contribution in [2.45, 2.75) is 46.2 Å². The van der Waals surface area contributed by atoms with Gasteiger partial charge in [-0.2, -0.15) is 0 Å². The predicted molar refractivity (Wildman–Crippen MR) is 92.2 cm³/mol. The molecule has 25 heavy (non-hydrogen) atoms. The monoisotopic (exact) mass is 344 g/mol. The summed E-state index contributed by atoms with van der Waals surface area (Å²) in [7, 11) is 0. The first-order valence-electron chi connectivity index (χ1n) is 8.74. The van der Waals surface area contributed by atoms with E-state index in [1.165, 1.54) is 0 Å². The fourth-order valence-corrected chi connectivity index (χ4v) is 2.94. The zero-order valence-corrected chi connectivity index (χ0v) is 14.7. The van der Waals surface area contributed by atoms with E-state index < -0.39 is 0 Å². The van der Waals surface area contributed by atoms with Gasteiger partial charge in [0.25, 0.3) is 11.8 Å². The van der Waals surface area contributed by atoms with Crippen LogP contribution in [0.25, 0.3) is 0 Å². The Morgan fingerprint density at radius 1 is 1.28 bits per heavy atom. The lowest BCUT2D eigenvalue weighted by molar-refractivity contribution is 0.0932. The molecule has 0 saturated carbocycles. The van der Waals surface area contributed by atoms with E-state index in [1.807, 2.05) is 18.4 Å². The Morgan fingerprint density at radius 3 is 2.84 bits per heavy atom. The maximum atomic E-state index is 12.5. The number of nitrogens with zero attached hydrogens (tertiary/aromatic N) is 2. The van der Waals surface area contributed by atoms with Crippen molar-refractivity contribution in [2.75, 3.05) is 6.54 Å². The second kappa shape index (κ2) is 7.55. The summed E-state index contributed by atoms with van der Waals surface area (Å²) in [5, 5.41) is 5.70. The van der Waals surface area contributed by atoms with Crippen LogP contribution in [0.15, 0.2) is 22.8 Å². The molecule has 0 radical (unpaired) electrons. The first kappa shape index (κ1) is 17.3. The minimum absolute atomic E-state index is 0.204. The van der Waals surface area contributed by atoms with Crippen LogP contribution in [0.4, 0.5) is 0 Å². The summed E-state index contributed by atoms with van der Waals surface area (Å²) in [6, 6.07) is 3.57. The average molecular weight is 344 g/mol. The lowest BCUT2D eigenvalue weighted by Gasteiger charge is -2.17. The third kappa shape index (κ3) is 3.92. The Morgan fingerprint density at radius 2 is 2.12 bits per heavy atom. The molecular weight excluding hydrogens is 320 g/mol. The van der Waals surface area contributed by atoms with Crippen molar-refractivity contribution >= 4 is 11.8 Å². The molecule has 0 spiro atoms. The van der Waals surface area contributed by atoms with Crippen LogP contribution < -0.4 is 10.6 Å². The van der Waals surface area contributed by atoms with Crippen LogP contribution >= 0.6 is 0 Å². The maximum absolute atomic E-state index is 12.5. The molecule has 2 N–H and O–H groups in total. The van der Waals surface area contributed by atoms with Crippen molar-refractivity contribution in [1.29, 1.82) is 0 Å². The molecule has 7 nitrogen and oxygen atoms in total. The highest BCUT2D eigenvalue weighted by Crippen LogP contribution is 2.21. The number of nitrogens with one attached hydrogen (secondary N) is 2. The largest absolute Gasteiger partial charge is 0.467 e. The number of rotatable bonds is 6. The SMILES string of the molecule is CC(C)CNC(=O)c1nc(C(=O)NCc2ccco2)n2c1CCCC2. The highest BCUT2D eigenvalue weighted by molar-refractivity contribution is 5.97. The van der Waals surface area contributed by atoms with Crippen molar-refractivity contribution in [3.8, 4) is 0 Å². The summed E-state index contributed by atoms with van der Waals surface area (Å²) >= 11 is 0. The standard InChI is InChI=1S/C18H24N4O3/c1-12(2)10-19-17(23)15-14-7-3-4-8-22(14)16(21-15)18(24)20-11-13-6-5-9-25-13/h5-6,9,12H,3-4,7-8,10-11H2,1-2H3,(H,19,23)(H,20,24). The smallest absolute Gasteiger partial charge is 0.287 e. The van der Waals surface area contributed by atoms with Gasteiger partial charge in [0.2, 0.25) is 0 Å². The number of aromatic nitrogens is 2. The Hall–Kier alpha value is -2.57. The number of amides is 2. The van der Waals surface area contributed by atoms with E-state index in [4.69, 9.17) is 4.42 Å². The van der Waals surface area contributed by atoms with Crippen molar-refractivity contribution in [3.05, 3.63) is 41.4 Å². The first-order chi connectivity index (χ1) is 12.1. The number of furan rings is 1. The number of fused-ring (bicyclic) bond motifs is 1. The van der Waals surface area contributed by atoms with Crippen molar-refractivity contribution < 1.29 is 14.0 Å². The minimum Gasteiger partial charge on any atom is -0.467 e. The molecule has 0 aliphatic carbocycles. The zero-order chi connectivity index (χ0) is 17.8. The summed E-state index contributed by atoms with van der Waals surface area (Å²) in [6.07, 6.45) is 4.32. The van der Waals surface area contributed by atoms with E-state index in [2.05, 4.69) is 15.6 Å². The first-order valence-corrected chi connectivity index (χ1v) is 8.74. The van der Waals surface area contributed by atoms with E-state index in [0.717, 1.165) is 25.0 Å². The minimum atomic E-state index is -0.289. The molecule has 0 aromatic carbocycles. The number of carbonyl (C=O) groups is 2. The molecule has 3 heterocycles. The van der Waals surface area contributed by atoms with E-state index in [0.29, 0.717) is 42.8 Å². The molecule has 1 aliphatic rings. The Balaban J connectivity index is 1.79. The lowest BCUT2D eigenvalue weighted by Crippen LogP contribution is -2.29. The van der Waals surface area contributed by atoms with Crippen molar-refractivity contribution in [3.63, 3.8) is 0 Å². The fourth-order valence-electron chi connectivity index (χ4n) is 2.94. The number of imidazole rings is 1. The molecule has 1 aliphatic heterocycles. The van der Waals surface area contributed by atoms with Crippen molar-refractivity contribution in [1.82, 2.24) is 20.2 Å². The maximum Gasteiger partial charge on any atom is 0.287 e. The predicted octanol–water partition coefficient (Wildman–Crippen LogP) is 2.13. The Bertz CT molecular complexity index is 747. The molecule has 134 valence electrons. The Kier molecular flexibility index (Phi) is 5.21. The van der Waals surface area contributed by atoms with Gasteiger partial charge in [0.05, 0.1) is 18.5 Å². The third-order valence-electron chi connectivity index (χ3n) is 4.21. The summed E-state index contributed by atoms with van der Waals surface area (Å²) in [6.45, 7) is 5.67. The highest BCUT2D eigenvalue weighted by Gasteiger charge is 2.27. The molecule has 3 rings (SSSR count). The van der Waals surface area contributed by atoms with Gasteiger partial charge >= 0.3 is 0 Å². The van der Waals surface area contributed by atoms with E-state index in [-0.39, 0.29) is 11.8 Å². The number of hydrogen-bond donors (Lipinski definition) is 2.